The summed E-state index contributed by atoms with van der Waals surface area (Å²) in [6, 6.07) is 7.66. The molecule has 0 saturated carbocycles. The maximum Gasteiger partial charge on any atom is 0.422 e. The molecular formula is C22H19Cl6N3O5. The standard InChI is InChI=1S/C22H19Cl6N3O5/c1-11-3-2-4-12(5-11)13-6-16(32)30(10-13)17-14(7-21(23,24)25)9-29-18(15(17)8-22(26,27)28)31(19(33)34)20(35)36/h2-5,9,13H,6-8,10H2,1H3,(H,33,34)(H,35,36). The van der Waals surface area contributed by atoms with Gasteiger partial charge in [-0.05, 0) is 18.1 Å². The molecular weight excluding hydrogens is 599 g/mol. The SMILES string of the molecule is Cc1cccc(C2CC(=O)N(c3c(CC(Cl)(Cl)Cl)cnc(N(C(=O)O)C(=O)O)c3CC(Cl)(Cl)Cl)C2)c1. The molecule has 0 bridgehead atoms. The first-order chi connectivity index (χ1) is 16.6. The van der Waals surface area contributed by atoms with Crippen LogP contribution < -0.4 is 9.80 Å². The summed E-state index contributed by atoms with van der Waals surface area (Å²) in [5, 5.41) is 19.1. The number of hydrogen-bond donors (Lipinski definition) is 2. The van der Waals surface area contributed by atoms with E-state index in [-0.39, 0.29) is 52.9 Å². The molecule has 194 valence electrons. The van der Waals surface area contributed by atoms with Crippen LogP contribution in [0.2, 0.25) is 0 Å². The van der Waals surface area contributed by atoms with E-state index in [2.05, 4.69) is 4.98 Å². The third-order valence-corrected chi connectivity index (χ3v) is 6.28. The molecule has 2 heterocycles. The van der Waals surface area contributed by atoms with Gasteiger partial charge in [-0.25, -0.2) is 14.6 Å². The van der Waals surface area contributed by atoms with Crippen LogP contribution in [0.15, 0.2) is 30.5 Å². The summed E-state index contributed by atoms with van der Waals surface area (Å²) in [5.41, 5.74) is 2.15. The number of halogens is 6. The highest BCUT2D eigenvalue weighted by molar-refractivity contribution is 6.68. The zero-order valence-corrected chi connectivity index (χ0v) is 23.1. The lowest BCUT2D eigenvalue weighted by molar-refractivity contribution is -0.117. The second kappa shape index (κ2) is 11.0. The van der Waals surface area contributed by atoms with Gasteiger partial charge >= 0.3 is 12.2 Å². The minimum absolute atomic E-state index is 0.0209. The average Bonchev–Trinajstić information content (AvgIpc) is 3.08. The third kappa shape index (κ3) is 7.00. The minimum Gasteiger partial charge on any atom is -0.464 e. The van der Waals surface area contributed by atoms with Gasteiger partial charge in [0.05, 0.1) is 5.69 Å². The highest BCUT2D eigenvalue weighted by Crippen LogP contribution is 2.44. The fourth-order valence-electron chi connectivity index (χ4n) is 4.15. The van der Waals surface area contributed by atoms with Gasteiger partial charge in [0.25, 0.3) is 0 Å². The number of carbonyl (C=O) groups excluding carboxylic acids is 1. The highest BCUT2D eigenvalue weighted by Gasteiger charge is 2.40. The van der Waals surface area contributed by atoms with Crippen LogP contribution in [0, 0.1) is 6.92 Å². The summed E-state index contributed by atoms with van der Waals surface area (Å²) in [6.07, 6.45) is -3.13. The fraction of sp³-hybridized carbons (Fsp3) is 0.364. The number of amides is 3. The van der Waals surface area contributed by atoms with E-state index in [1.807, 2.05) is 31.2 Å². The van der Waals surface area contributed by atoms with E-state index >= 15 is 0 Å². The molecule has 3 amide bonds. The number of benzene rings is 1. The van der Waals surface area contributed by atoms with Crippen molar-refractivity contribution in [1.29, 1.82) is 0 Å². The molecule has 1 fully saturated rings. The maximum atomic E-state index is 13.3. The average molecular weight is 618 g/mol. The summed E-state index contributed by atoms with van der Waals surface area (Å²) >= 11 is 36.3. The van der Waals surface area contributed by atoms with E-state index in [0.717, 1.165) is 17.3 Å². The number of nitrogens with zero attached hydrogens (tertiary/aromatic N) is 3. The van der Waals surface area contributed by atoms with Gasteiger partial charge in [-0.1, -0.05) is 99.4 Å². The first kappa shape index (κ1) is 28.9. The van der Waals surface area contributed by atoms with E-state index in [9.17, 15) is 24.6 Å². The van der Waals surface area contributed by atoms with Crippen molar-refractivity contribution >= 4 is 99.2 Å². The molecule has 1 aromatic carbocycles. The summed E-state index contributed by atoms with van der Waals surface area (Å²) in [4.78, 5) is 42.3. The largest absolute Gasteiger partial charge is 0.464 e. The Labute approximate surface area is 236 Å². The van der Waals surface area contributed by atoms with Crippen LogP contribution in [0.5, 0.6) is 0 Å². The van der Waals surface area contributed by atoms with Crippen LogP contribution in [-0.2, 0) is 17.6 Å². The normalized spacial score (nSPS) is 16.4. The van der Waals surface area contributed by atoms with Crippen LogP contribution in [0.1, 0.15) is 34.6 Å². The molecule has 1 aliphatic heterocycles. The van der Waals surface area contributed by atoms with E-state index in [1.54, 1.807) is 0 Å². The number of alkyl halides is 6. The monoisotopic (exact) mass is 615 g/mol. The van der Waals surface area contributed by atoms with Crippen molar-refractivity contribution < 1.29 is 24.6 Å². The minimum atomic E-state index is -2.01. The second-order valence-electron chi connectivity index (χ2n) is 8.24. The molecule has 2 N–H and O–H groups in total. The van der Waals surface area contributed by atoms with E-state index in [4.69, 9.17) is 69.6 Å². The molecule has 1 aromatic heterocycles. The lowest BCUT2D eigenvalue weighted by atomic mass is 9.97. The number of aryl methyl sites for hydroxylation is 1. The molecule has 1 saturated heterocycles. The molecule has 14 heteroatoms. The Bertz CT molecular complexity index is 1180. The summed E-state index contributed by atoms with van der Waals surface area (Å²) in [5.74, 6) is -1.09. The highest BCUT2D eigenvalue weighted by atomic mass is 35.6. The Kier molecular flexibility index (Phi) is 8.80. The van der Waals surface area contributed by atoms with Crippen molar-refractivity contribution in [3.8, 4) is 0 Å². The molecule has 1 aliphatic rings. The Morgan fingerprint density at radius 1 is 1.08 bits per heavy atom. The zero-order valence-electron chi connectivity index (χ0n) is 18.5. The molecule has 36 heavy (non-hydrogen) atoms. The van der Waals surface area contributed by atoms with Crippen LogP contribution in [0.25, 0.3) is 0 Å². The topological polar surface area (TPSA) is 111 Å². The summed E-state index contributed by atoms with van der Waals surface area (Å²) < 4.78 is -3.83. The molecule has 1 unspecified atom stereocenters. The van der Waals surface area contributed by atoms with E-state index in [1.165, 1.54) is 4.90 Å². The first-order valence-electron chi connectivity index (χ1n) is 10.3. The van der Waals surface area contributed by atoms with Crippen molar-refractivity contribution in [1.82, 2.24) is 4.98 Å². The van der Waals surface area contributed by atoms with Gasteiger partial charge in [0.15, 0.2) is 13.4 Å². The summed E-state index contributed by atoms with van der Waals surface area (Å²) in [6.45, 7) is 2.10. The van der Waals surface area contributed by atoms with Crippen molar-refractivity contribution in [3.63, 3.8) is 0 Å². The number of hydrogen-bond acceptors (Lipinski definition) is 4. The molecule has 0 aliphatic carbocycles. The van der Waals surface area contributed by atoms with Crippen LogP contribution >= 0.6 is 69.6 Å². The van der Waals surface area contributed by atoms with Gasteiger partial charge in [-0.15, -0.1) is 0 Å². The Morgan fingerprint density at radius 2 is 1.69 bits per heavy atom. The van der Waals surface area contributed by atoms with Crippen molar-refractivity contribution in [2.45, 2.75) is 39.7 Å². The Morgan fingerprint density at radius 3 is 2.22 bits per heavy atom. The lowest BCUT2D eigenvalue weighted by Gasteiger charge is -2.29. The predicted molar refractivity (Wildman–Crippen MR) is 142 cm³/mol. The quantitative estimate of drug-likeness (QED) is 0.353. The van der Waals surface area contributed by atoms with Crippen LogP contribution in [-0.4, -0.2) is 47.4 Å². The molecule has 1 atom stereocenters. The predicted octanol–water partition coefficient (Wildman–Crippen LogP) is 6.90. The smallest absolute Gasteiger partial charge is 0.422 e. The molecule has 2 aromatic rings. The van der Waals surface area contributed by atoms with Gasteiger partial charge in [0, 0.05) is 43.5 Å². The third-order valence-electron chi connectivity index (χ3n) is 5.47. The number of imide groups is 1. The lowest BCUT2D eigenvalue weighted by Crippen LogP contribution is -2.37. The van der Waals surface area contributed by atoms with Crippen molar-refractivity contribution in [2.75, 3.05) is 16.3 Å². The van der Waals surface area contributed by atoms with Crippen molar-refractivity contribution in [3.05, 3.63) is 52.7 Å². The maximum absolute atomic E-state index is 13.3. The molecule has 3 rings (SSSR count). The summed E-state index contributed by atoms with van der Waals surface area (Å²) in [7, 11) is 0. The zero-order chi connectivity index (χ0) is 27.0. The number of anilines is 2. The fourth-order valence-corrected chi connectivity index (χ4v) is 4.98. The second-order valence-corrected chi connectivity index (χ2v) is 13.3. The Balaban J connectivity index is 2.26. The number of rotatable bonds is 5. The van der Waals surface area contributed by atoms with Gasteiger partial charge in [-0.2, -0.15) is 4.90 Å². The van der Waals surface area contributed by atoms with Gasteiger partial charge < -0.3 is 15.1 Å². The molecule has 0 radical (unpaired) electrons. The van der Waals surface area contributed by atoms with Gasteiger partial charge in [0.2, 0.25) is 5.91 Å². The Hall–Kier alpha value is -1.68. The number of pyridine rings is 1. The van der Waals surface area contributed by atoms with Crippen molar-refractivity contribution in [2.24, 2.45) is 0 Å². The number of carbonyl (C=O) groups is 3. The van der Waals surface area contributed by atoms with E-state index in [0.29, 0.717) is 0 Å². The first-order valence-corrected chi connectivity index (χ1v) is 12.6. The van der Waals surface area contributed by atoms with Gasteiger partial charge in [-0.3, -0.25) is 4.79 Å². The molecule has 0 spiro atoms. The van der Waals surface area contributed by atoms with E-state index < -0.39 is 32.0 Å². The van der Waals surface area contributed by atoms with Crippen LogP contribution in [0.4, 0.5) is 21.1 Å². The number of carboxylic acid groups (broad SMARTS) is 2. The molecule has 8 nitrogen and oxygen atoms in total. The number of aromatic nitrogens is 1. The van der Waals surface area contributed by atoms with Crippen LogP contribution in [0.3, 0.4) is 0 Å². The van der Waals surface area contributed by atoms with Gasteiger partial charge in [0.1, 0.15) is 0 Å².